The largest absolute Gasteiger partial charge is 0.374 e. The minimum Gasteiger partial charge on any atom is -0.374 e. The molecule has 5 nitrogen and oxygen atoms in total. The van der Waals surface area contributed by atoms with Crippen molar-refractivity contribution in [1.82, 2.24) is 0 Å². The van der Waals surface area contributed by atoms with Gasteiger partial charge in [0, 0.05) is 5.69 Å². The highest BCUT2D eigenvalue weighted by Gasteiger charge is 2.25. The Morgan fingerprint density at radius 2 is 1.95 bits per heavy atom. The molecule has 0 radical (unpaired) electrons. The van der Waals surface area contributed by atoms with Gasteiger partial charge in [-0.3, -0.25) is 4.57 Å². The average molecular weight is 294 g/mol. The van der Waals surface area contributed by atoms with Gasteiger partial charge in [-0.25, -0.2) is 0 Å². The number of rotatable bonds is 5. The van der Waals surface area contributed by atoms with E-state index in [1.165, 1.54) is 6.42 Å². The first-order chi connectivity index (χ1) is 9.59. The molecule has 1 unspecified atom stereocenters. The van der Waals surface area contributed by atoms with Crippen molar-refractivity contribution < 1.29 is 14.0 Å². The van der Waals surface area contributed by atoms with Crippen molar-refractivity contribution >= 4 is 13.3 Å². The summed E-state index contributed by atoms with van der Waals surface area (Å²) in [5.41, 5.74) is 1.26. The summed E-state index contributed by atoms with van der Waals surface area (Å²) < 4.78 is 17.3. The first kappa shape index (κ1) is 15.1. The Hall–Kier alpha value is -1.34. The molecule has 2 rings (SSSR count). The Labute approximate surface area is 119 Å². The second-order valence-corrected chi connectivity index (χ2v) is 6.83. The summed E-state index contributed by atoms with van der Waals surface area (Å²) in [4.78, 5) is 9.85. The van der Waals surface area contributed by atoms with E-state index in [4.69, 9.17) is 9.79 Å². The SMILES string of the molecule is N#Cc1ccc(NCP(=O)(O)OC2CCCCC2)cc1. The number of nitrogens with one attached hydrogen (secondary N) is 1. The van der Waals surface area contributed by atoms with E-state index in [-0.39, 0.29) is 12.4 Å². The molecular formula is C14H19N2O3P. The lowest BCUT2D eigenvalue weighted by Gasteiger charge is -2.24. The molecule has 0 spiro atoms. The van der Waals surface area contributed by atoms with Gasteiger partial charge in [-0.2, -0.15) is 5.26 Å². The Bertz CT molecular complexity index is 518. The van der Waals surface area contributed by atoms with E-state index in [9.17, 15) is 9.46 Å². The summed E-state index contributed by atoms with van der Waals surface area (Å²) in [5, 5.41) is 11.6. The molecule has 0 amide bonds. The third kappa shape index (κ3) is 4.64. The monoisotopic (exact) mass is 294 g/mol. The molecule has 1 aliphatic rings. The Balaban J connectivity index is 1.84. The molecular weight excluding hydrogens is 275 g/mol. The van der Waals surface area contributed by atoms with Crippen molar-refractivity contribution in [3.63, 3.8) is 0 Å². The molecule has 20 heavy (non-hydrogen) atoms. The van der Waals surface area contributed by atoms with Crippen LogP contribution in [-0.2, 0) is 9.09 Å². The van der Waals surface area contributed by atoms with Crippen LogP contribution < -0.4 is 5.32 Å². The van der Waals surface area contributed by atoms with Crippen LogP contribution in [0.3, 0.4) is 0 Å². The molecule has 6 heteroatoms. The van der Waals surface area contributed by atoms with E-state index < -0.39 is 7.60 Å². The first-order valence-electron chi connectivity index (χ1n) is 6.83. The van der Waals surface area contributed by atoms with E-state index in [1.54, 1.807) is 24.3 Å². The molecule has 108 valence electrons. The van der Waals surface area contributed by atoms with Crippen LogP contribution in [0.5, 0.6) is 0 Å². The second-order valence-electron chi connectivity index (χ2n) is 5.03. The number of hydrogen-bond acceptors (Lipinski definition) is 4. The Morgan fingerprint density at radius 1 is 1.30 bits per heavy atom. The van der Waals surface area contributed by atoms with Crippen LogP contribution in [0.15, 0.2) is 24.3 Å². The fraction of sp³-hybridized carbons (Fsp3) is 0.500. The van der Waals surface area contributed by atoms with E-state index in [0.717, 1.165) is 25.7 Å². The summed E-state index contributed by atoms with van der Waals surface area (Å²) in [5.74, 6) is 0. The van der Waals surface area contributed by atoms with E-state index in [2.05, 4.69) is 5.32 Å². The number of anilines is 1. The molecule has 1 saturated carbocycles. The molecule has 1 fully saturated rings. The summed E-state index contributed by atoms with van der Waals surface area (Å²) in [6.07, 6.45) is 4.82. The fourth-order valence-electron chi connectivity index (χ4n) is 2.29. The van der Waals surface area contributed by atoms with Gasteiger partial charge in [0.05, 0.1) is 17.7 Å². The van der Waals surface area contributed by atoms with Gasteiger partial charge in [-0.15, -0.1) is 0 Å². The third-order valence-corrected chi connectivity index (χ3v) is 4.55. The average Bonchev–Trinajstić information content (AvgIpc) is 2.46. The van der Waals surface area contributed by atoms with Gasteiger partial charge >= 0.3 is 7.60 Å². The van der Waals surface area contributed by atoms with Gasteiger partial charge in [-0.05, 0) is 37.1 Å². The zero-order chi connectivity index (χ0) is 14.4. The molecule has 0 aliphatic heterocycles. The molecule has 0 bridgehead atoms. The zero-order valence-corrected chi connectivity index (χ0v) is 12.2. The van der Waals surface area contributed by atoms with Crippen molar-refractivity contribution in [2.24, 2.45) is 0 Å². The number of benzene rings is 1. The van der Waals surface area contributed by atoms with Gasteiger partial charge in [0.15, 0.2) is 0 Å². The van der Waals surface area contributed by atoms with E-state index in [1.807, 2.05) is 6.07 Å². The summed E-state index contributed by atoms with van der Waals surface area (Å²) >= 11 is 0. The quantitative estimate of drug-likeness (QED) is 0.813. The smallest absolute Gasteiger partial charge is 0.347 e. The molecule has 0 saturated heterocycles. The lowest BCUT2D eigenvalue weighted by atomic mass is 9.98. The molecule has 0 heterocycles. The highest BCUT2D eigenvalue weighted by Crippen LogP contribution is 2.45. The molecule has 1 aromatic rings. The van der Waals surface area contributed by atoms with Crippen molar-refractivity contribution in [3.05, 3.63) is 29.8 Å². The van der Waals surface area contributed by atoms with Gasteiger partial charge in [0.2, 0.25) is 0 Å². The maximum Gasteiger partial charge on any atom is 0.347 e. The van der Waals surface area contributed by atoms with E-state index >= 15 is 0 Å². The van der Waals surface area contributed by atoms with Crippen molar-refractivity contribution in [1.29, 1.82) is 5.26 Å². The molecule has 1 aromatic carbocycles. The van der Waals surface area contributed by atoms with Crippen LogP contribution in [0.4, 0.5) is 5.69 Å². The predicted octanol–water partition coefficient (Wildman–Crippen LogP) is 3.46. The zero-order valence-electron chi connectivity index (χ0n) is 11.3. The standard InChI is InChI=1S/C14H19N2O3P/c15-10-12-6-8-13(9-7-12)16-11-20(17,18)19-14-4-2-1-3-5-14/h6-9,14,16H,1-5,11H2,(H,17,18). The highest BCUT2D eigenvalue weighted by molar-refractivity contribution is 7.52. The van der Waals surface area contributed by atoms with E-state index in [0.29, 0.717) is 11.3 Å². The minimum atomic E-state index is -3.62. The lowest BCUT2D eigenvalue weighted by molar-refractivity contribution is 0.136. The minimum absolute atomic E-state index is 0.0950. The van der Waals surface area contributed by atoms with Crippen LogP contribution in [0.2, 0.25) is 0 Å². The van der Waals surface area contributed by atoms with Gasteiger partial charge in [-0.1, -0.05) is 19.3 Å². The van der Waals surface area contributed by atoms with Crippen LogP contribution in [0.25, 0.3) is 0 Å². The fourth-order valence-corrected chi connectivity index (χ4v) is 3.43. The summed E-state index contributed by atoms with van der Waals surface area (Å²) in [6.45, 7) is 0. The van der Waals surface area contributed by atoms with Crippen LogP contribution in [0.1, 0.15) is 37.7 Å². The molecule has 1 aliphatic carbocycles. The van der Waals surface area contributed by atoms with Crippen molar-refractivity contribution in [3.8, 4) is 6.07 Å². The molecule has 1 atom stereocenters. The normalized spacial score (nSPS) is 19.0. The Morgan fingerprint density at radius 3 is 2.55 bits per heavy atom. The van der Waals surface area contributed by atoms with Gasteiger partial charge in [0.1, 0.15) is 6.29 Å². The van der Waals surface area contributed by atoms with Gasteiger partial charge in [0.25, 0.3) is 0 Å². The van der Waals surface area contributed by atoms with Crippen LogP contribution in [0, 0.1) is 11.3 Å². The third-order valence-electron chi connectivity index (χ3n) is 3.36. The maximum absolute atomic E-state index is 12.0. The van der Waals surface area contributed by atoms with Crippen LogP contribution >= 0.6 is 7.60 Å². The van der Waals surface area contributed by atoms with Crippen molar-refractivity contribution in [2.75, 3.05) is 11.6 Å². The predicted molar refractivity (Wildman–Crippen MR) is 77.4 cm³/mol. The molecule has 2 N–H and O–H groups in total. The van der Waals surface area contributed by atoms with Gasteiger partial charge < -0.3 is 14.7 Å². The number of nitrogens with zero attached hydrogens (tertiary/aromatic N) is 1. The van der Waals surface area contributed by atoms with Crippen molar-refractivity contribution in [2.45, 2.75) is 38.2 Å². The lowest BCUT2D eigenvalue weighted by Crippen LogP contribution is -2.17. The first-order valence-corrected chi connectivity index (χ1v) is 8.59. The summed E-state index contributed by atoms with van der Waals surface area (Å²) in [6, 6.07) is 8.76. The number of nitriles is 1. The topological polar surface area (TPSA) is 82.4 Å². The number of hydrogen-bond donors (Lipinski definition) is 2. The summed E-state index contributed by atoms with van der Waals surface area (Å²) in [7, 11) is -3.62. The Kier molecular flexibility index (Phi) is 5.19. The second kappa shape index (κ2) is 6.90. The highest BCUT2D eigenvalue weighted by atomic mass is 31.2. The van der Waals surface area contributed by atoms with Crippen LogP contribution in [-0.4, -0.2) is 17.3 Å². The molecule has 0 aromatic heterocycles. The maximum atomic E-state index is 12.0.